The summed E-state index contributed by atoms with van der Waals surface area (Å²) in [5, 5.41) is 43.6. The molecular weight excluding hydrogens is 376 g/mol. The molecule has 8 heteroatoms. The molecule has 29 heavy (non-hydrogen) atoms. The molecule has 0 heterocycles. The SMILES string of the molecule is O=C(Nc1ccccc1CNC(=O)c1cc(O)c(O)c(O)c1O)c1ccccc1. The van der Waals surface area contributed by atoms with Crippen molar-refractivity contribution in [2.75, 3.05) is 5.32 Å². The second-order valence-corrected chi connectivity index (χ2v) is 6.15. The number of carbonyl (C=O) groups excluding carboxylic acids is 2. The zero-order chi connectivity index (χ0) is 21.0. The van der Waals surface area contributed by atoms with Gasteiger partial charge in [0.2, 0.25) is 11.5 Å². The maximum Gasteiger partial charge on any atom is 0.255 e. The number of para-hydroxylation sites is 1. The Morgan fingerprint density at radius 1 is 0.759 bits per heavy atom. The first-order valence-corrected chi connectivity index (χ1v) is 8.58. The van der Waals surface area contributed by atoms with Gasteiger partial charge in [-0.1, -0.05) is 36.4 Å². The molecule has 0 radical (unpaired) electrons. The van der Waals surface area contributed by atoms with E-state index in [0.717, 1.165) is 6.07 Å². The summed E-state index contributed by atoms with van der Waals surface area (Å²) < 4.78 is 0. The average Bonchev–Trinajstić information content (AvgIpc) is 2.74. The van der Waals surface area contributed by atoms with Gasteiger partial charge in [-0.2, -0.15) is 0 Å². The molecule has 0 bridgehead atoms. The van der Waals surface area contributed by atoms with Gasteiger partial charge in [-0.15, -0.1) is 0 Å². The van der Waals surface area contributed by atoms with Gasteiger partial charge in [-0.3, -0.25) is 9.59 Å². The van der Waals surface area contributed by atoms with Gasteiger partial charge in [-0.25, -0.2) is 0 Å². The fourth-order valence-electron chi connectivity index (χ4n) is 2.66. The summed E-state index contributed by atoms with van der Waals surface area (Å²) in [6, 6.07) is 16.3. The summed E-state index contributed by atoms with van der Waals surface area (Å²) in [4.78, 5) is 24.7. The molecule has 0 atom stereocenters. The standard InChI is InChI=1S/C21H18N2O6/c24-16-10-14(17(25)19(27)18(16)26)21(29)22-11-13-8-4-5-9-15(13)23-20(28)12-6-2-1-3-7-12/h1-10,24-27H,11H2,(H,22,29)(H,23,28). The van der Waals surface area contributed by atoms with Gasteiger partial charge in [0, 0.05) is 23.9 Å². The van der Waals surface area contributed by atoms with Crippen LogP contribution in [0.5, 0.6) is 23.0 Å². The van der Waals surface area contributed by atoms with E-state index in [4.69, 9.17) is 0 Å². The predicted octanol–water partition coefficient (Wildman–Crippen LogP) is 2.69. The number of carbonyl (C=O) groups is 2. The highest BCUT2D eigenvalue weighted by atomic mass is 16.3. The van der Waals surface area contributed by atoms with E-state index < -0.39 is 34.5 Å². The lowest BCUT2D eigenvalue weighted by molar-refractivity contribution is 0.0946. The Balaban J connectivity index is 1.75. The van der Waals surface area contributed by atoms with Gasteiger partial charge in [0.05, 0.1) is 5.56 Å². The van der Waals surface area contributed by atoms with Gasteiger partial charge in [-0.05, 0) is 23.8 Å². The monoisotopic (exact) mass is 394 g/mol. The first kappa shape index (κ1) is 19.6. The van der Waals surface area contributed by atoms with Crippen LogP contribution in [0.2, 0.25) is 0 Å². The number of phenolic OH excluding ortho intramolecular Hbond substituents is 4. The summed E-state index contributed by atoms with van der Waals surface area (Å²) >= 11 is 0. The largest absolute Gasteiger partial charge is 0.504 e. The van der Waals surface area contributed by atoms with Crippen molar-refractivity contribution in [2.24, 2.45) is 0 Å². The lowest BCUT2D eigenvalue weighted by atomic mass is 10.1. The van der Waals surface area contributed by atoms with Crippen molar-refractivity contribution >= 4 is 17.5 Å². The Bertz CT molecular complexity index is 1070. The number of hydrogen-bond donors (Lipinski definition) is 6. The van der Waals surface area contributed by atoms with Gasteiger partial charge < -0.3 is 31.1 Å². The topological polar surface area (TPSA) is 139 Å². The van der Waals surface area contributed by atoms with Crippen LogP contribution in [-0.4, -0.2) is 32.2 Å². The zero-order valence-electron chi connectivity index (χ0n) is 15.1. The molecule has 0 aromatic heterocycles. The van der Waals surface area contributed by atoms with Crippen molar-refractivity contribution in [1.82, 2.24) is 5.32 Å². The van der Waals surface area contributed by atoms with E-state index in [1.807, 2.05) is 0 Å². The van der Waals surface area contributed by atoms with Crippen LogP contribution < -0.4 is 10.6 Å². The minimum Gasteiger partial charge on any atom is -0.504 e. The molecule has 0 aliphatic carbocycles. The third-order valence-corrected chi connectivity index (χ3v) is 4.21. The van der Waals surface area contributed by atoms with Crippen molar-refractivity contribution in [3.63, 3.8) is 0 Å². The molecule has 148 valence electrons. The molecule has 2 amide bonds. The number of anilines is 1. The summed E-state index contributed by atoms with van der Waals surface area (Å²) in [6.07, 6.45) is 0. The maximum atomic E-state index is 12.4. The van der Waals surface area contributed by atoms with Gasteiger partial charge >= 0.3 is 0 Å². The van der Waals surface area contributed by atoms with Crippen LogP contribution >= 0.6 is 0 Å². The Hall–Kier alpha value is -4.20. The van der Waals surface area contributed by atoms with Gasteiger partial charge in [0.1, 0.15) is 0 Å². The van der Waals surface area contributed by atoms with Crippen molar-refractivity contribution in [1.29, 1.82) is 0 Å². The Kier molecular flexibility index (Phi) is 5.54. The third kappa shape index (κ3) is 4.22. The molecule has 0 saturated carbocycles. The summed E-state index contributed by atoms with van der Waals surface area (Å²) in [6.45, 7) is -0.00802. The lowest BCUT2D eigenvalue weighted by Gasteiger charge is -2.13. The molecule has 0 fully saturated rings. The van der Waals surface area contributed by atoms with Crippen LogP contribution in [0.4, 0.5) is 5.69 Å². The second kappa shape index (κ2) is 8.22. The van der Waals surface area contributed by atoms with Crippen LogP contribution in [0, 0.1) is 0 Å². The summed E-state index contributed by atoms with van der Waals surface area (Å²) in [5.41, 5.74) is 1.15. The molecular formula is C21H18N2O6. The molecule has 0 spiro atoms. The molecule has 3 aromatic carbocycles. The first-order valence-electron chi connectivity index (χ1n) is 8.58. The number of phenols is 4. The molecule has 0 unspecified atom stereocenters. The number of nitrogens with one attached hydrogen (secondary N) is 2. The second-order valence-electron chi connectivity index (χ2n) is 6.15. The number of aromatic hydroxyl groups is 4. The van der Waals surface area contributed by atoms with Crippen LogP contribution in [-0.2, 0) is 6.54 Å². The summed E-state index contributed by atoms with van der Waals surface area (Å²) in [7, 11) is 0. The van der Waals surface area contributed by atoms with Gasteiger partial charge in [0.25, 0.3) is 11.8 Å². The third-order valence-electron chi connectivity index (χ3n) is 4.21. The Labute approximate surface area is 165 Å². The highest BCUT2D eigenvalue weighted by Crippen LogP contribution is 2.43. The fraction of sp³-hybridized carbons (Fsp3) is 0.0476. The number of amides is 2. The smallest absolute Gasteiger partial charge is 0.255 e. The van der Waals surface area contributed by atoms with Crippen LogP contribution in [0.15, 0.2) is 60.7 Å². The van der Waals surface area contributed by atoms with E-state index in [0.29, 0.717) is 16.8 Å². The fourth-order valence-corrected chi connectivity index (χ4v) is 2.66. The van der Waals surface area contributed by atoms with Crippen LogP contribution in [0.25, 0.3) is 0 Å². The van der Waals surface area contributed by atoms with Crippen molar-refractivity contribution in [3.8, 4) is 23.0 Å². The number of hydrogen-bond acceptors (Lipinski definition) is 6. The number of benzene rings is 3. The van der Waals surface area contributed by atoms with Crippen molar-refractivity contribution in [2.45, 2.75) is 6.54 Å². The normalized spacial score (nSPS) is 10.3. The summed E-state index contributed by atoms with van der Waals surface area (Å²) in [5.74, 6) is -4.63. The lowest BCUT2D eigenvalue weighted by Crippen LogP contribution is -2.24. The van der Waals surface area contributed by atoms with Gasteiger partial charge in [0.15, 0.2) is 11.5 Å². The maximum absolute atomic E-state index is 12.4. The molecule has 8 nitrogen and oxygen atoms in total. The van der Waals surface area contributed by atoms with Crippen LogP contribution in [0.3, 0.4) is 0 Å². The molecule has 0 aliphatic heterocycles. The number of rotatable bonds is 5. The zero-order valence-corrected chi connectivity index (χ0v) is 15.1. The molecule has 3 aromatic rings. The van der Waals surface area contributed by atoms with E-state index in [9.17, 15) is 30.0 Å². The highest BCUT2D eigenvalue weighted by Gasteiger charge is 2.21. The van der Waals surface area contributed by atoms with E-state index in [1.54, 1.807) is 54.6 Å². The predicted molar refractivity (Wildman–Crippen MR) is 105 cm³/mol. The van der Waals surface area contributed by atoms with E-state index >= 15 is 0 Å². The molecule has 0 saturated heterocycles. The quantitative estimate of drug-likeness (QED) is 0.291. The first-order chi connectivity index (χ1) is 13.9. The minimum absolute atomic E-state index is 0.00802. The average molecular weight is 394 g/mol. The minimum atomic E-state index is -0.995. The Morgan fingerprint density at radius 2 is 1.41 bits per heavy atom. The van der Waals surface area contributed by atoms with Crippen molar-refractivity contribution < 1.29 is 30.0 Å². The van der Waals surface area contributed by atoms with E-state index in [2.05, 4.69) is 10.6 Å². The molecule has 6 N–H and O–H groups in total. The van der Waals surface area contributed by atoms with Crippen LogP contribution in [0.1, 0.15) is 26.3 Å². The molecule has 3 rings (SSSR count). The van der Waals surface area contributed by atoms with E-state index in [1.165, 1.54) is 0 Å². The Morgan fingerprint density at radius 3 is 2.14 bits per heavy atom. The molecule has 0 aliphatic rings. The van der Waals surface area contributed by atoms with E-state index in [-0.39, 0.29) is 12.5 Å². The highest BCUT2D eigenvalue weighted by molar-refractivity contribution is 6.04. The van der Waals surface area contributed by atoms with Crippen molar-refractivity contribution in [3.05, 3.63) is 77.4 Å².